The van der Waals surface area contributed by atoms with Gasteiger partial charge >= 0.3 is 0 Å². The molecule has 2 rings (SSSR count). The Hall–Kier alpha value is -1.04. The van der Waals surface area contributed by atoms with Crippen LogP contribution < -0.4 is 0 Å². The molecule has 3 heteroatoms. The first-order valence-electron chi connectivity index (χ1n) is 5.71. The molecule has 1 atom stereocenters. The van der Waals surface area contributed by atoms with Crippen molar-refractivity contribution in [1.82, 2.24) is 4.90 Å². The quantitative estimate of drug-likeness (QED) is 0.784. The van der Waals surface area contributed by atoms with Crippen LogP contribution in [0.2, 0.25) is 5.02 Å². The van der Waals surface area contributed by atoms with Crippen LogP contribution in [0.25, 0.3) is 0 Å². The highest BCUT2D eigenvalue weighted by atomic mass is 35.5. The molecule has 1 fully saturated rings. The van der Waals surface area contributed by atoms with Crippen LogP contribution in [0.5, 0.6) is 0 Å². The van der Waals surface area contributed by atoms with E-state index >= 15 is 0 Å². The maximum atomic E-state index is 9.31. The molecule has 0 aliphatic carbocycles. The Morgan fingerprint density at radius 1 is 1.19 bits per heavy atom. The molecule has 1 saturated heterocycles. The maximum absolute atomic E-state index is 9.31. The molecule has 84 valence electrons. The van der Waals surface area contributed by atoms with Gasteiger partial charge in [0.1, 0.15) is 6.04 Å². The lowest BCUT2D eigenvalue weighted by molar-refractivity contribution is 0.196. The molecule has 0 aromatic heterocycles. The summed E-state index contributed by atoms with van der Waals surface area (Å²) in [6, 6.07) is 9.83. The number of nitriles is 1. The minimum absolute atomic E-state index is 0.186. The highest BCUT2D eigenvalue weighted by Gasteiger charge is 2.23. The molecule has 1 unspecified atom stereocenters. The molecule has 1 aromatic rings. The Labute approximate surface area is 101 Å². The highest BCUT2D eigenvalue weighted by molar-refractivity contribution is 6.31. The lowest BCUT2D eigenvalue weighted by Crippen LogP contribution is -2.33. The van der Waals surface area contributed by atoms with Crippen LogP contribution in [-0.2, 0) is 0 Å². The van der Waals surface area contributed by atoms with Gasteiger partial charge in [-0.3, -0.25) is 4.90 Å². The van der Waals surface area contributed by atoms with Gasteiger partial charge in [-0.05, 0) is 32.0 Å². The second-order valence-electron chi connectivity index (χ2n) is 4.15. The van der Waals surface area contributed by atoms with Crippen LogP contribution >= 0.6 is 11.6 Å². The zero-order valence-electron chi connectivity index (χ0n) is 9.19. The molecule has 1 aliphatic rings. The predicted octanol–water partition coefficient (Wildman–Crippen LogP) is 3.39. The lowest BCUT2D eigenvalue weighted by Gasteiger charge is -2.31. The van der Waals surface area contributed by atoms with Crippen molar-refractivity contribution in [3.8, 4) is 6.07 Å². The first-order valence-corrected chi connectivity index (χ1v) is 6.09. The molecule has 0 spiro atoms. The van der Waals surface area contributed by atoms with Crippen LogP contribution in [0, 0.1) is 11.3 Å². The van der Waals surface area contributed by atoms with Crippen molar-refractivity contribution in [2.45, 2.75) is 25.3 Å². The van der Waals surface area contributed by atoms with Gasteiger partial charge < -0.3 is 0 Å². The summed E-state index contributed by atoms with van der Waals surface area (Å²) in [5, 5.41) is 10.00. The first kappa shape index (κ1) is 11.4. The van der Waals surface area contributed by atoms with E-state index in [0.29, 0.717) is 5.02 Å². The largest absolute Gasteiger partial charge is 0.284 e. The van der Waals surface area contributed by atoms with Gasteiger partial charge in [-0.2, -0.15) is 5.26 Å². The zero-order chi connectivity index (χ0) is 11.4. The molecular weight excluding hydrogens is 220 g/mol. The molecule has 1 aromatic carbocycles. The lowest BCUT2D eigenvalue weighted by atomic mass is 10.0. The van der Waals surface area contributed by atoms with Crippen molar-refractivity contribution < 1.29 is 0 Å². The Kier molecular flexibility index (Phi) is 3.82. The van der Waals surface area contributed by atoms with E-state index in [9.17, 15) is 5.26 Å². The number of benzene rings is 1. The van der Waals surface area contributed by atoms with E-state index in [4.69, 9.17) is 11.6 Å². The van der Waals surface area contributed by atoms with E-state index in [-0.39, 0.29) is 6.04 Å². The van der Waals surface area contributed by atoms with Crippen molar-refractivity contribution in [3.05, 3.63) is 34.9 Å². The van der Waals surface area contributed by atoms with Gasteiger partial charge in [0.2, 0.25) is 0 Å². The summed E-state index contributed by atoms with van der Waals surface area (Å²) in [6.45, 7) is 2.01. The molecule has 0 saturated carbocycles. The number of piperidine rings is 1. The minimum Gasteiger partial charge on any atom is -0.284 e. The van der Waals surface area contributed by atoms with Gasteiger partial charge in [0, 0.05) is 10.6 Å². The number of halogens is 1. The van der Waals surface area contributed by atoms with Crippen molar-refractivity contribution >= 4 is 11.6 Å². The fraction of sp³-hybridized carbons (Fsp3) is 0.462. The normalized spacial score (nSPS) is 19.0. The van der Waals surface area contributed by atoms with Crippen LogP contribution in [0.4, 0.5) is 0 Å². The van der Waals surface area contributed by atoms with Gasteiger partial charge in [0.25, 0.3) is 0 Å². The van der Waals surface area contributed by atoms with Crippen molar-refractivity contribution in [3.63, 3.8) is 0 Å². The Morgan fingerprint density at radius 2 is 1.88 bits per heavy atom. The average molecular weight is 235 g/mol. The van der Waals surface area contributed by atoms with E-state index in [1.807, 2.05) is 24.3 Å². The van der Waals surface area contributed by atoms with Gasteiger partial charge in [0.05, 0.1) is 6.07 Å². The molecule has 1 heterocycles. The molecule has 0 N–H and O–H groups in total. The Balaban J connectivity index is 2.22. The predicted molar refractivity (Wildman–Crippen MR) is 65.2 cm³/mol. The van der Waals surface area contributed by atoms with Crippen LogP contribution in [-0.4, -0.2) is 18.0 Å². The summed E-state index contributed by atoms with van der Waals surface area (Å²) in [6.07, 6.45) is 3.64. The monoisotopic (exact) mass is 234 g/mol. The summed E-state index contributed by atoms with van der Waals surface area (Å²) in [4.78, 5) is 2.23. The molecular formula is C13H15ClN2. The smallest absolute Gasteiger partial charge is 0.125 e. The second-order valence-corrected chi connectivity index (χ2v) is 4.56. The third-order valence-corrected chi connectivity index (χ3v) is 3.42. The fourth-order valence-corrected chi connectivity index (χ4v) is 2.46. The summed E-state index contributed by atoms with van der Waals surface area (Å²) in [5.74, 6) is 0. The standard InChI is InChI=1S/C13H15ClN2/c14-12-7-3-2-6-11(12)13(10-15)16-8-4-1-5-9-16/h2-3,6-7,13H,1,4-5,8-9H2. The maximum Gasteiger partial charge on any atom is 0.125 e. The second kappa shape index (κ2) is 5.34. The third kappa shape index (κ3) is 2.37. The van der Waals surface area contributed by atoms with Crippen molar-refractivity contribution in [2.24, 2.45) is 0 Å². The topological polar surface area (TPSA) is 27.0 Å². The zero-order valence-corrected chi connectivity index (χ0v) is 9.95. The summed E-state index contributed by atoms with van der Waals surface area (Å²) in [7, 11) is 0. The van der Waals surface area contributed by atoms with Gasteiger partial charge in [-0.15, -0.1) is 0 Å². The Bertz CT molecular complexity index is 391. The summed E-state index contributed by atoms with van der Waals surface area (Å²) < 4.78 is 0. The van der Waals surface area contributed by atoms with Gasteiger partial charge in [-0.25, -0.2) is 0 Å². The minimum atomic E-state index is -0.186. The van der Waals surface area contributed by atoms with E-state index < -0.39 is 0 Å². The molecule has 0 amide bonds. The molecule has 0 radical (unpaired) electrons. The highest BCUT2D eigenvalue weighted by Crippen LogP contribution is 2.28. The van der Waals surface area contributed by atoms with Crippen LogP contribution in [0.15, 0.2) is 24.3 Å². The third-order valence-electron chi connectivity index (χ3n) is 3.08. The number of nitrogens with zero attached hydrogens (tertiary/aromatic N) is 2. The van der Waals surface area contributed by atoms with Crippen LogP contribution in [0.1, 0.15) is 30.9 Å². The molecule has 2 nitrogen and oxygen atoms in total. The summed E-state index contributed by atoms with van der Waals surface area (Å²) >= 11 is 6.14. The number of hydrogen-bond acceptors (Lipinski definition) is 2. The fourth-order valence-electron chi connectivity index (χ4n) is 2.22. The molecule has 1 aliphatic heterocycles. The van der Waals surface area contributed by atoms with E-state index in [0.717, 1.165) is 18.7 Å². The van der Waals surface area contributed by atoms with Crippen molar-refractivity contribution in [1.29, 1.82) is 5.26 Å². The van der Waals surface area contributed by atoms with Crippen molar-refractivity contribution in [2.75, 3.05) is 13.1 Å². The number of hydrogen-bond donors (Lipinski definition) is 0. The van der Waals surface area contributed by atoms with E-state index in [1.165, 1.54) is 19.3 Å². The Morgan fingerprint density at radius 3 is 2.50 bits per heavy atom. The SMILES string of the molecule is N#CC(c1ccccc1Cl)N1CCCCC1. The van der Waals surface area contributed by atoms with E-state index in [1.54, 1.807) is 0 Å². The van der Waals surface area contributed by atoms with E-state index in [2.05, 4.69) is 11.0 Å². The molecule has 0 bridgehead atoms. The first-order chi connectivity index (χ1) is 7.83. The van der Waals surface area contributed by atoms with Gasteiger partial charge in [-0.1, -0.05) is 36.2 Å². The number of rotatable bonds is 2. The number of likely N-dealkylation sites (tertiary alicyclic amines) is 1. The van der Waals surface area contributed by atoms with Gasteiger partial charge in [0.15, 0.2) is 0 Å². The molecule has 16 heavy (non-hydrogen) atoms. The average Bonchev–Trinajstić information content (AvgIpc) is 2.34. The summed E-state index contributed by atoms with van der Waals surface area (Å²) in [5.41, 5.74) is 0.938. The van der Waals surface area contributed by atoms with Crippen LogP contribution in [0.3, 0.4) is 0 Å².